The second-order valence-corrected chi connectivity index (χ2v) is 6.40. The minimum atomic E-state index is -0.486. The van der Waals surface area contributed by atoms with Crippen LogP contribution in [-0.4, -0.2) is 55.6 Å². The molecule has 7 heteroatoms. The minimum Gasteiger partial charge on any atom is -0.484 e. The lowest BCUT2D eigenvalue weighted by Crippen LogP contribution is -2.44. The van der Waals surface area contributed by atoms with Crippen molar-refractivity contribution in [3.05, 3.63) is 29.8 Å². The van der Waals surface area contributed by atoms with Crippen LogP contribution in [0.3, 0.4) is 0 Å². The van der Waals surface area contributed by atoms with Gasteiger partial charge in [0.05, 0.1) is 6.54 Å². The maximum atomic E-state index is 10.8. The van der Waals surface area contributed by atoms with Gasteiger partial charge in [0.1, 0.15) is 5.75 Å². The Labute approximate surface area is 156 Å². The molecule has 1 aliphatic heterocycles. The second-order valence-electron chi connectivity index (χ2n) is 6.40. The van der Waals surface area contributed by atoms with E-state index in [1.54, 1.807) is 6.07 Å². The van der Waals surface area contributed by atoms with Crippen molar-refractivity contribution in [3.63, 3.8) is 0 Å². The number of carbonyl (C=O) groups excluding carboxylic acids is 1. The zero-order chi connectivity index (χ0) is 18.8. The van der Waals surface area contributed by atoms with Crippen molar-refractivity contribution < 1.29 is 9.53 Å². The minimum absolute atomic E-state index is 0.119. The molecule has 0 saturated carbocycles. The fraction of sp³-hybridized carbons (Fsp3) is 0.579. The van der Waals surface area contributed by atoms with E-state index in [2.05, 4.69) is 34.4 Å². The molecule has 1 aromatic carbocycles. The molecule has 1 amide bonds. The monoisotopic (exact) mass is 361 g/mol. The molecule has 1 fully saturated rings. The summed E-state index contributed by atoms with van der Waals surface area (Å²) in [5.41, 5.74) is 6.12. The van der Waals surface area contributed by atoms with Crippen molar-refractivity contribution in [3.8, 4) is 5.75 Å². The Morgan fingerprint density at radius 3 is 2.96 bits per heavy atom. The van der Waals surface area contributed by atoms with Crippen molar-refractivity contribution in [2.45, 2.75) is 39.3 Å². The molecule has 26 heavy (non-hydrogen) atoms. The number of carbonyl (C=O) groups is 1. The van der Waals surface area contributed by atoms with Crippen LogP contribution in [0.4, 0.5) is 0 Å². The number of likely N-dealkylation sites (tertiary alicyclic amines) is 1. The van der Waals surface area contributed by atoms with Crippen molar-refractivity contribution in [2.24, 2.45) is 10.7 Å². The fourth-order valence-corrected chi connectivity index (χ4v) is 3.16. The Morgan fingerprint density at radius 1 is 1.38 bits per heavy atom. The summed E-state index contributed by atoms with van der Waals surface area (Å²) in [5.74, 6) is 0.956. The molecular weight excluding hydrogens is 330 g/mol. The average Bonchev–Trinajstić information content (AvgIpc) is 3.10. The van der Waals surface area contributed by atoms with E-state index in [-0.39, 0.29) is 6.61 Å². The van der Waals surface area contributed by atoms with Crippen LogP contribution >= 0.6 is 0 Å². The van der Waals surface area contributed by atoms with E-state index < -0.39 is 5.91 Å². The van der Waals surface area contributed by atoms with Gasteiger partial charge in [-0.15, -0.1) is 0 Å². The van der Waals surface area contributed by atoms with Gasteiger partial charge in [0, 0.05) is 19.1 Å². The van der Waals surface area contributed by atoms with Crippen LogP contribution in [-0.2, 0) is 11.3 Å². The first-order chi connectivity index (χ1) is 12.6. The molecule has 0 bridgehead atoms. The molecule has 1 aliphatic rings. The van der Waals surface area contributed by atoms with E-state index in [1.807, 2.05) is 18.2 Å². The van der Waals surface area contributed by atoms with Crippen LogP contribution in [0.1, 0.15) is 32.3 Å². The number of ether oxygens (including phenoxy) is 1. The Hall–Kier alpha value is -2.28. The van der Waals surface area contributed by atoms with Gasteiger partial charge in [0.15, 0.2) is 12.6 Å². The third-order valence-electron chi connectivity index (χ3n) is 4.45. The quantitative estimate of drug-likeness (QED) is 0.452. The fourth-order valence-electron chi connectivity index (χ4n) is 3.16. The van der Waals surface area contributed by atoms with Crippen LogP contribution in [0.25, 0.3) is 0 Å². The highest BCUT2D eigenvalue weighted by molar-refractivity contribution is 5.79. The van der Waals surface area contributed by atoms with Crippen LogP contribution in [0.5, 0.6) is 5.75 Å². The number of nitrogens with one attached hydrogen (secondary N) is 2. The molecule has 1 unspecified atom stereocenters. The molecule has 2 rings (SSSR count). The molecule has 0 aliphatic carbocycles. The summed E-state index contributed by atoms with van der Waals surface area (Å²) >= 11 is 0. The number of nitrogens with zero attached hydrogens (tertiary/aromatic N) is 2. The number of likely N-dealkylation sites (N-methyl/N-ethyl adjacent to an activating group) is 1. The topological polar surface area (TPSA) is 92.0 Å². The van der Waals surface area contributed by atoms with E-state index in [4.69, 9.17) is 10.5 Å². The van der Waals surface area contributed by atoms with E-state index in [0.29, 0.717) is 18.3 Å². The molecule has 1 aromatic rings. The van der Waals surface area contributed by atoms with Gasteiger partial charge in [-0.3, -0.25) is 9.69 Å². The molecule has 0 spiro atoms. The van der Waals surface area contributed by atoms with Gasteiger partial charge in [-0.1, -0.05) is 19.1 Å². The maximum Gasteiger partial charge on any atom is 0.255 e. The molecule has 1 atom stereocenters. The first-order valence-corrected chi connectivity index (χ1v) is 9.38. The van der Waals surface area contributed by atoms with Crippen LogP contribution in [0.15, 0.2) is 29.3 Å². The Morgan fingerprint density at radius 2 is 2.23 bits per heavy atom. The molecule has 1 heterocycles. The van der Waals surface area contributed by atoms with Crippen molar-refractivity contribution in [2.75, 3.05) is 32.8 Å². The number of aliphatic imine (C=N–C) groups is 1. The van der Waals surface area contributed by atoms with Crippen molar-refractivity contribution in [1.29, 1.82) is 0 Å². The number of rotatable bonds is 9. The summed E-state index contributed by atoms with van der Waals surface area (Å²) in [7, 11) is 0. The molecule has 4 N–H and O–H groups in total. The average molecular weight is 361 g/mol. The Bertz CT molecular complexity index is 605. The summed E-state index contributed by atoms with van der Waals surface area (Å²) in [6.07, 6.45) is 2.51. The summed E-state index contributed by atoms with van der Waals surface area (Å²) < 4.78 is 5.34. The van der Waals surface area contributed by atoms with Gasteiger partial charge in [-0.2, -0.15) is 0 Å². The largest absolute Gasteiger partial charge is 0.484 e. The molecule has 144 valence electrons. The van der Waals surface area contributed by atoms with E-state index >= 15 is 0 Å². The van der Waals surface area contributed by atoms with Crippen LogP contribution in [0, 0.1) is 0 Å². The zero-order valence-electron chi connectivity index (χ0n) is 15.8. The van der Waals surface area contributed by atoms with E-state index in [0.717, 1.165) is 31.2 Å². The number of hydrogen-bond acceptors (Lipinski definition) is 4. The molecule has 0 radical (unpaired) electrons. The van der Waals surface area contributed by atoms with Gasteiger partial charge in [-0.25, -0.2) is 4.99 Å². The summed E-state index contributed by atoms with van der Waals surface area (Å²) in [4.78, 5) is 18.0. The lowest BCUT2D eigenvalue weighted by atomic mass is 10.2. The van der Waals surface area contributed by atoms with Gasteiger partial charge >= 0.3 is 0 Å². The normalized spacial score (nSPS) is 17.9. The lowest BCUT2D eigenvalue weighted by Gasteiger charge is -2.24. The summed E-state index contributed by atoms with van der Waals surface area (Å²) in [5, 5.41) is 6.75. The lowest BCUT2D eigenvalue weighted by molar-refractivity contribution is -0.119. The highest BCUT2D eigenvalue weighted by Crippen LogP contribution is 2.16. The van der Waals surface area contributed by atoms with Gasteiger partial charge in [0.25, 0.3) is 5.91 Å². The van der Waals surface area contributed by atoms with Gasteiger partial charge in [0.2, 0.25) is 0 Å². The van der Waals surface area contributed by atoms with Crippen LogP contribution < -0.4 is 21.1 Å². The van der Waals surface area contributed by atoms with Gasteiger partial charge < -0.3 is 21.1 Å². The Balaban J connectivity index is 1.91. The molecule has 0 aromatic heterocycles. The number of nitrogens with two attached hydrogens (primary N) is 1. The molecule has 1 saturated heterocycles. The van der Waals surface area contributed by atoms with Crippen molar-refractivity contribution >= 4 is 11.9 Å². The number of benzene rings is 1. The highest BCUT2D eigenvalue weighted by Gasteiger charge is 2.22. The molecular formula is C19H31N5O2. The third kappa shape index (κ3) is 6.55. The van der Waals surface area contributed by atoms with E-state index in [9.17, 15) is 4.79 Å². The highest BCUT2D eigenvalue weighted by atomic mass is 16.5. The van der Waals surface area contributed by atoms with Crippen LogP contribution in [0.2, 0.25) is 0 Å². The van der Waals surface area contributed by atoms with Gasteiger partial charge in [-0.05, 0) is 50.6 Å². The number of primary amides is 1. The zero-order valence-corrected chi connectivity index (χ0v) is 15.8. The standard InChI is InChI=1S/C19H31N5O2/c1-3-21-19(23-13-16-8-6-10-24(16)4-2)22-12-15-7-5-9-17(11-15)26-14-18(20)25/h5,7,9,11,16H,3-4,6,8,10,12-14H2,1-2H3,(H2,20,25)(H2,21,22,23). The summed E-state index contributed by atoms with van der Waals surface area (Å²) in [6, 6.07) is 8.14. The number of hydrogen-bond donors (Lipinski definition) is 3. The first kappa shape index (κ1) is 20.0. The Kier molecular flexibility index (Phi) is 8.21. The smallest absolute Gasteiger partial charge is 0.255 e. The number of amides is 1. The van der Waals surface area contributed by atoms with Crippen molar-refractivity contribution in [1.82, 2.24) is 15.5 Å². The maximum absolute atomic E-state index is 10.8. The third-order valence-corrected chi connectivity index (χ3v) is 4.45. The van der Waals surface area contributed by atoms with E-state index in [1.165, 1.54) is 19.4 Å². The predicted molar refractivity (Wildman–Crippen MR) is 104 cm³/mol. The summed E-state index contributed by atoms with van der Waals surface area (Å²) in [6.45, 7) is 8.69. The predicted octanol–water partition coefficient (Wildman–Crippen LogP) is 1.09. The second kappa shape index (κ2) is 10.7. The number of guanidine groups is 1. The molecule has 7 nitrogen and oxygen atoms in total. The first-order valence-electron chi connectivity index (χ1n) is 9.38. The SMILES string of the molecule is CCNC(=NCc1cccc(OCC(N)=O)c1)NCC1CCCN1CC.